The number of para-hydroxylation sites is 1. The predicted octanol–water partition coefficient (Wildman–Crippen LogP) is 3.64. The summed E-state index contributed by atoms with van der Waals surface area (Å²) in [5, 5.41) is 9.03. The lowest BCUT2D eigenvalue weighted by Gasteiger charge is -2.06. The minimum atomic E-state index is -4.41. The monoisotopic (exact) mass is 238 g/mol. The van der Waals surface area contributed by atoms with Gasteiger partial charge in [-0.1, -0.05) is 18.2 Å². The molecule has 2 rings (SSSR count). The van der Waals surface area contributed by atoms with Crippen LogP contribution in [-0.2, 0) is 12.6 Å². The number of aromatic nitrogens is 1. The molecule has 0 saturated heterocycles. The normalized spacial score (nSPS) is 11.6. The Balaban J connectivity index is 2.62. The molecule has 0 atom stereocenters. The van der Waals surface area contributed by atoms with Gasteiger partial charge in [-0.05, 0) is 18.1 Å². The molecule has 1 heterocycles. The van der Waals surface area contributed by atoms with Gasteiger partial charge in [0.25, 0.3) is 0 Å². The van der Waals surface area contributed by atoms with Crippen molar-refractivity contribution in [1.82, 2.24) is 4.98 Å². The topological polar surface area (TPSA) is 39.6 Å². The van der Waals surface area contributed by atoms with Crippen LogP contribution in [0.25, 0.3) is 10.9 Å². The van der Waals surface area contributed by atoms with Gasteiger partial charge in [0.15, 0.2) is 0 Å². The number of aromatic amines is 1. The molecule has 0 amide bonds. The van der Waals surface area contributed by atoms with Crippen molar-refractivity contribution in [2.24, 2.45) is 0 Å². The molecule has 2 aromatic rings. The van der Waals surface area contributed by atoms with E-state index in [9.17, 15) is 13.2 Å². The smallest absolute Gasteiger partial charge is 0.351 e. The van der Waals surface area contributed by atoms with Crippen molar-refractivity contribution in [2.45, 2.75) is 19.0 Å². The maximum Gasteiger partial charge on any atom is 0.431 e. The van der Waals surface area contributed by atoms with Crippen molar-refractivity contribution in [3.8, 4) is 6.07 Å². The van der Waals surface area contributed by atoms with Crippen molar-refractivity contribution in [2.75, 3.05) is 0 Å². The minimum absolute atomic E-state index is 0.0743. The van der Waals surface area contributed by atoms with Crippen LogP contribution in [0.3, 0.4) is 0 Å². The SMILES string of the molecule is N#CCCc1c(C(F)(F)F)[nH]c2ccccc12. The second-order valence-corrected chi connectivity index (χ2v) is 3.68. The highest BCUT2D eigenvalue weighted by atomic mass is 19.4. The standard InChI is InChI=1S/C12H9F3N2/c13-12(14,15)11-9(5-3-7-16)8-4-1-2-6-10(8)17-11/h1-2,4,6,17H,3,5H2. The largest absolute Gasteiger partial charge is 0.431 e. The van der Waals surface area contributed by atoms with E-state index in [4.69, 9.17) is 5.26 Å². The molecule has 88 valence electrons. The van der Waals surface area contributed by atoms with E-state index in [-0.39, 0.29) is 18.4 Å². The fourth-order valence-corrected chi connectivity index (χ4v) is 1.88. The summed E-state index contributed by atoms with van der Waals surface area (Å²) in [6.45, 7) is 0. The molecule has 2 nitrogen and oxygen atoms in total. The summed E-state index contributed by atoms with van der Waals surface area (Å²) < 4.78 is 38.4. The highest BCUT2D eigenvalue weighted by Crippen LogP contribution is 2.35. The van der Waals surface area contributed by atoms with Gasteiger partial charge in [-0.25, -0.2) is 0 Å². The van der Waals surface area contributed by atoms with Crippen LogP contribution in [0.5, 0.6) is 0 Å². The van der Waals surface area contributed by atoms with Crippen molar-refractivity contribution in [1.29, 1.82) is 5.26 Å². The van der Waals surface area contributed by atoms with E-state index in [1.165, 1.54) is 0 Å². The molecule has 0 aliphatic rings. The first-order valence-corrected chi connectivity index (χ1v) is 5.08. The number of hydrogen-bond donors (Lipinski definition) is 1. The van der Waals surface area contributed by atoms with Crippen LogP contribution in [-0.4, -0.2) is 4.98 Å². The molecule has 1 aromatic heterocycles. The van der Waals surface area contributed by atoms with Crippen LogP contribution >= 0.6 is 0 Å². The lowest BCUT2D eigenvalue weighted by Crippen LogP contribution is -2.08. The van der Waals surface area contributed by atoms with Crippen LogP contribution in [0.4, 0.5) is 13.2 Å². The highest BCUT2D eigenvalue weighted by Gasteiger charge is 2.35. The van der Waals surface area contributed by atoms with Crippen LogP contribution in [0.15, 0.2) is 24.3 Å². The first kappa shape index (κ1) is 11.5. The summed E-state index contributed by atoms with van der Waals surface area (Å²) in [4.78, 5) is 2.38. The van der Waals surface area contributed by atoms with Crippen molar-refractivity contribution in [3.05, 3.63) is 35.5 Å². The van der Waals surface area contributed by atoms with E-state index < -0.39 is 11.9 Å². The Morgan fingerprint density at radius 2 is 1.94 bits per heavy atom. The summed E-state index contributed by atoms with van der Waals surface area (Å²) in [5.74, 6) is 0. The van der Waals surface area contributed by atoms with E-state index in [2.05, 4.69) is 4.98 Å². The van der Waals surface area contributed by atoms with Gasteiger partial charge in [0.05, 0.1) is 6.07 Å². The van der Waals surface area contributed by atoms with E-state index in [1.54, 1.807) is 24.3 Å². The Hall–Kier alpha value is -1.96. The zero-order chi connectivity index (χ0) is 12.5. The van der Waals surface area contributed by atoms with Crippen LogP contribution in [0, 0.1) is 11.3 Å². The molecular formula is C12H9F3N2. The van der Waals surface area contributed by atoms with Gasteiger partial charge in [-0.3, -0.25) is 0 Å². The summed E-state index contributed by atoms with van der Waals surface area (Å²) in [5.41, 5.74) is -0.114. The Labute approximate surface area is 95.7 Å². The lowest BCUT2D eigenvalue weighted by atomic mass is 10.1. The molecule has 1 aromatic carbocycles. The summed E-state index contributed by atoms with van der Waals surface area (Å²) in [6.07, 6.45) is -4.23. The number of alkyl halides is 3. The number of aryl methyl sites for hydroxylation is 1. The van der Waals surface area contributed by atoms with Gasteiger partial charge in [0.2, 0.25) is 0 Å². The molecule has 5 heteroatoms. The molecule has 17 heavy (non-hydrogen) atoms. The average Bonchev–Trinajstić information content (AvgIpc) is 2.65. The Morgan fingerprint density at radius 3 is 2.59 bits per heavy atom. The zero-order valence-corrected chi connectivity index (χ0v) is 8.80. The molecule has 0 unspecified atom stereocenters. The number of nitrogens with one attached hydrogen (secondary N) is 1. The number of rotatable bonds is 2. The third kappa shape index (κ3) is 2.11. The molecular weight excluding hydrogens is 229 g/mol. The molecule has 0 fully saturated rings. The van der Waals surface area contributed by atoms with E-state index in [1.807, 2.05) is 6.07 Å². The number of benzene rings is 1. The fraction of sp³-hybridized carbons (Fsp3) is 0.250. The van der Waals surface area contributed by atoms with Gasteiger partial charge in [0.1, 0.15) is 5.69 Å². The minimum Gasteiger partial charge on any atom is -0.351 e. The third-order valence-electron chi connectivity index (χ3n) is 2.58. The summed E-state index contributed by atoms with van der Waals surface area (Å²) >= 11 is 0. The maximum absolute atomic E-state index is 12.8. The maximum atomic E-state index is 12.8. The highest BCUT2D eigenvalue weighted by molar-refractivity contribution is 5.84. The number of nitrogens with zero attached hydrogens (tertiary/aromatic N) is 1. The summed E-state index contributed by atoms with van der Waals surface area (Å²) in [6, 6.07) is 8.46. The predicted molar refractivity (Wildman–Crippen MR) is 57.2 cm³/mol. The van der Waals surface area contributed by atoms with Crippen molar-refractivity contribution in [3.63, 3.8) is 0 Å². The summed E-state index contributed by atoms with van der Waals surface area (Å²) in [7, 11) is 0. The van der Waals surface area contributed by atoms with Crippen LogP contribution in [0.2, 0.25) is 0 Å². The van der Waals surface area contributed by atoms with Gasteiger partial charge in [-0.2, -0.15) is 18.4 Å². The number of nitriles is 1. The van der Waals surface area contributed by atoms with E-state index in [0.717, 1.165) is 0 Å². The number of H-pyrrole nitrogens is 1. The van der Waals surface area contributed by atoms with Crippen LogP contribution < -0.4 is 0 Å². The van der Waals surface area contributed by atoms with Gasteiger partial charge >= 0.3 is 6.18 Å². The van der Waals surface area contributed by atoms with Gasteiger partial charge in [0, 0.05) is 17.3 Å². The lowest BCUT2D eigenvalue weighted by molar-refractivity contribution is -0.141. The van der Waals surface area contributed by atoms with Gasteiger partial charge < -0.3 is 4.98 Å². The second kappa shape index (κ2) is 4.13. The first-order valence-electron chi connectivity index (χ1n) is 5.08. The third-order valence-corrected chi connectivity index (χ3v) is 2.58. The molecule has 0 spiro atoms. The van der Waals surface area contributed by atoms with E-state index >= 15 is 0 Å². The zero-order valence-electron chi connectivity index (χ0n) is 8.80. The van der Waals surface area contributed by atoms with E-state index in [0.29, 0.717) is 10.9 Å². The molecule has 0 aliphatic carbocycles. The Bertz CT molecular complexity index is 575. The fourth-order valence-electron chi connectivity index (χ4n) is 1.88. The molecule has 1 N–H and O–H groups in total. The number of hydrogen-bond acceptors (Lipinski definition) is 1. The van der Waals surface area contributed by atoms with Crippen molar-refractivity contribution >= 4 is 10.9 Å². The number of halogens is 3. The number of fused-ring (bicyclic) bond motifs is 1. The first-order chi connectivity index (χ1) is 8.04. The second-order valence-electron chi connectivity index (χ2n) is 3.68. The Morgan fingerprint density at radius 1 is 1.24 bits per heavy atom. The quantitative estimate of drug-likeness (QED) is 0.852. The molecule has 0 aliphatic heterocycles. The molecule has 0 bridgehead atoms. The molecule has 0 radical (unpaired) electrons. The van der Waals surface area contributed by atoms with Crippen molar-refractivity contribution < 1.29 is 13.2 Å². The Kier molecular flexibility index (Phi) is 2.80. The van der Waals surface area contributed by atoms with Gasteiger partial charge in [-0.15, -0.1) is 0 Å². The van der Waals surface area contributed by atoms with Crippen LogP contribution in [0.1, 0.15) is 17.7 Å². The molecule has 0 saturated carbocycles. The average molecular weight is 238 g/mol.